The van der Waals surface area contributed by atoms with E-state index in [-0.39, 0.29) is 0 Å². The molecule has 12 heavy (non-hydrogen) atoms. The Kier molecular flexibility index (Phi) is 4.33. The van der Waals surface area contributed by atoms with Crippen molar-refractivity contribution in [3.63, 3.8) is 0 Å². The van der Waals surface area contributed by atoms with E-state index in [0.717, 1.165) is 11.5 Å². The molecule has 1 aromatic rings. The van der Waals surface area contributed by atoms with E-state index in [1.807, 2.05) is 30.9 Å². The first-order chi connectivity index (χ1) is 5.93. The second kappa shape index (κ2) is 5.68. The first-order valence-electron chi connectivity index (χ1n) is 3.79. The summed E-state index contributed by atoms with van der Waals surface area (Å²) >= 11 is 1.82. The molecule has 0 aliphatic carbocycles. The van der Waals surface area contributed by atoms with Crippen molar-refractivity contribution in [3.8, 4) is 11.8 Å². The van der Waals surface area contributed by atoms with Crippen LogP contribution in [0.5, 0.6) is 0 Å². The summed E-state index contributed by atoms with van der Waals surface area (Å²) in [5, 5.41) is 0. The van der Waals surface area contributed by atoms with Crippen LogP contribution >= 0.6 is 11.8 Å². The second-order valence-electron chi connectivity index (χ2n) is 2.28. The van der Waals surface area contributed by atoms with Gasteiger partial charge in [-0.2, -0.15) is 0 Å². The number of aromatic nitrogens is 1. The average molecular weight is 177 g/mol. The van der Waals surface area contributed by atoms with E-state index in [9.17, 15) is 0 Å². The molecule has 0 bridgehead atoms. The normalized spacial score (nSPS) is 8.75. The highest BCUT2D eigenvalue weighted by molar-refractivity contribution is 7.98. The summed E-state index contributed by atoms with van der Waals surface area (Å²) in [7, 11) is 0. The molecule has 2 heteroatoms. The van der Waals surface area contributed by atoms with Gasteiger partial charge in [0.2, 0.25) is 0 Å². The van der Waals surface area contributed by atoms with Gasteiger partial charge in [0, 0.05) is 18.1 Å². The third-order valence-electron chi connectivity index (χ3n) is 1.34. The molecule has 1 aromatic heterocycles. The summed E-state index contributed by atoms with van der Waals surface area (Å²) in [5.74, 6) is 7.79. The summed E-state index contributed by atoms with van der Waals surface area (Å²) in [5.41, 5.74) is 1.26. The fraction of sp³-hybridized carbons (Fsp3) is 0.300. The molecular formula is C10H11NS. The molecule has 62 valence electrons. The molecule has 0 aliphatic rings. The van der Waals surface area contributed by atoms with Crippen LogP contribution in [0, 0.1) is 11.8 Å². The van der Waals surface area contributed by atoms with Crippen molar-refractivity contribution in [1.82, 2.24) is 4.98 Å². The Morgan fingerprint density at radius 2 is 2.50 bits per heavy atom. The molecule has 1 rings (SSSR count). The topological polar surface area (TPSA) is 12.9 Å². The molecular weight excluding hydrogens is 166 g/mol. The summed E-state index contributed by atoms with van der Waals surface area (Å²) in [6, 6.07) is 4.04. The lowest BCUT2D eigenvalue weighted by molar-refractivity contribution is 1.25. The van der Waals surface area contributed by atoms with E-state index in [1.165, 1.54) is 5.56 Å². The largest absolute Gasteiger partial charge is 0.264 e. The van der Waals surface area contributed by atoms with Gasteiger partial charge in [-0.3, -0.25) is 4.98 Å². The van der Waals surface area contributed by atoms with Gasteiger partial charge in [-0.15, -0.1) is 17.7 Å². The van der Waals surface area contributed by atoms with Gasteiger partial charge >= 0.3 is 0 Å². The first-order valence-corrected chi connectivity index (χ1v) is 4.95. The molecule has 1 nitrogen and oxygen atoms in total. The van der Waals surface area contributed by atoms with Crippen molar-refractivity contribution in [1.29, 1.82) is 0 Å². The zero-order valence-electron chi connectivity index (χ0n) is 7.08. The second-order valence-corrected chi connectivity index (χ2v) is 3.27. The Balaban J connectivity index is 2.27. The molecule has 1 heterocycles. The summed E-state index contributed by atoms with van der Waals surface area (Å²) in [6.07, 6.45) is 3.69. The minimum Gasteiger partial charge on any atom is -0.264 e. The van der Waals surface area contributed by atoms with Gasteiger partial charge in [-0.25, -0.2) is 0 Å². The first kappa shape index (κ1) is 9.15. The van der Waals surface area contributed by atoms with Crippen LogP contribution in [0.2, 0.25) is 0 Å². The fourth-order valence-corrected chi connectivity index (χ4v) is 1.53. The highest BCUT2D eigenvalue weighted by Crippen LogP contribution is 2.09. The fourth-order valence-electron chi connectivity index (χ4n) is 0.776. The Hall–Kier alpha value is -0.940. The average Bonchev–Trinajstić information content (AvgIpc) is 2.14. The standard InChI is InChI=1S/C10H11NS/c1-2-3-7-12-9-10-5-4-6-11-8-10/h4-6,8H,7,9H2,1H3. The van der Waals surface area contributed by atoms with E-state index in [2.05, 4.69) is 22.9 Å². The van der Waals surface area contributed by atoms with Crippen LogP contribution in [0.4, 0.5) is 0 Å². The van der Waals surface area contributed by atoms with E-state index in [4.69, 9.17) is 0 Å². The molecule has 0 saturated carbocycles. The van der Waals surface area contributed by atoms with Crippen molar-refractivity contribution in [3.05, 3.63) is 30.1 Å². The van der Waals surface area contributed by atoms with Crippen LogP contribution in [0.25, 0.3) is 0 Å². The minimum absolute atomic E-state index is 0.908. The smallest absolute Gasteiger partial charge is 0.0550 e. The maximum Gasteiger partial charge on any atom is 0.0550 e. The lowest BCUT2D eigenvalue weighted by Gasteiger charge is -1.95. The van der Waals surface area contributed by atoms with Gasteiger partial charge in [-0.05, 0) is 18.6 Å². The molecule has 0 spiro atoms. The lowest BCUT2D eigenvalue weighted by atomic mass is 10.3. The molecule has 0 aromatic carbocycles. The summed E-state index contributed by atoms with van der Waals surface area (Å²) < 4.78 is 0. The van der Waals surface area contributed by atoms with Crippen molar-refractivity contribution in [2.75, 3.05) is 5.75 Å². The molecule has 0 saturated heterocycles. The number of hydrogen-bond donors (Lipinski definition) is 0. The third kappa shape index (κ3) is 3.45. The van der Waals surface area contributed by atoms with Gasteiger partial charge in [-0.1, -0.05) is 12.0 Å². The zero-order valence-corrected chi connectivity index (χ0v) is 7.90. The summed E-state index contributed by atoms with van der Waals surface area (Å²) in [6.45, 7) is 1.87. The van der Waals surface area contributed by atoms with Gasteiger partial charge in [0.25, 0.3) is 0 Å². The van der Waals surface area contributed by atoms with Crippen LogP contribution < -0.4 is 0 Å². The molecule has 0 atom stereocenters. The maximum absolute atomic E-state index is 4.03. The van der Waals surface area contributed by atoms with Crippen molar-refractivity contribution >= 4 is 11.8 Å². The monoisotopic (exact) mass is 177 g/mol. The maximum atomic E-state index is 4.03. The van der Waals surface area contributed by atoms with Gasteiger partial charge in [0.15, 0.2) is 0 Å². The molecule has 0 unspecified atom stereocenters. The molecule has 0 aliphatic heterocycles. The lowest BCUT2D eigenvalue weighted by Crippen LogP contribution is -1.81. The Bertz CT molecular complexity index is 271. The minimum atomic E-state index is 0.908. The van der Waals surface area contributed by atoms with Crippen LogP contribution in [-0.2, 0) is 5.75 Å². The molecule has 0 fully saturated rings. The van der Waals surface area contributed by atoms with Crippen LogP contribution in [0.3, 0.4) is 0 Å². The SMILES string of the molecule is CC#CCSCc1cccnc1. The van der Waals surface area contributed by atoms with Gasteiger partial charge < -0.3 is 0 Å². The number of thioether (sulfide) groups is 1. The van der Waals surface area contributed by atoms with E-state index in [1.54, 1.807) is 6.20 Å². The van der Waals surface area contributed by atoms with Crippen molar-refractivity contribution in [2.24, 2.45) is 0 Å². The Morgan fingerprint density at radius 3 is 3.17 bits per heavy atom. The van der Waals surface area contributed by atoms with Crippen LogP contribution in [0.15, 0.2) is 24.5 Å². The van der Waals surface area contributed by atoms with E-state index in [0.29, 0.717) is 0 Å². The predicted molar refractivity (Wildman–Crippen MR) is 53.8 cm³/mol. The Labute approximate surface area is 77.6 Å². The summed E-state index contributed by atoms with van der Waals surface area (Å²) in [4.78, 5) is 4.03. The number of nitrogens with zero attached hydrogens (tertiary/aromatic N) is 1. The number of hydrogen-bond acceptors (Lipinski definition) is 2. The highest BCUT2D eigenvalue weighted by Gasteiger charge is 1.89. The molecule has 0 amide bonds. The van der Waals surface area contributed by atoms with Gasteiger partial charge in [0.05, 0.1) is 5.75 Å². The van der Waals surface area contributed by atoms with E-state index < -0.39 is 0 Å². The highest BCUT2D eigenvalue weighted by atomic mass is 32.2. The van der Waals surface area contributed by atoms with Crippen molar-refractivity contribution < 1.29 is 0 Å². The van der Waals surface area contributed by atoms with Crippen LogP contribution in [-0.4, -0.2) is 10.7 Å². The third-order valence-corrected chi connectivity index (χ3v) is 2.23. The van der Waals surface area contributed by atoms with E-state index >= 15 is 0 Å². The zero-order chi connectivity index (χ0) is 8.65. The Morgan fingerprint density at radius 1 is 1.58 bits per heavy atom. The number of rotatable bonds is 3. The molecule has 0 radical (unpaired) electrons. The molecule has 0 N–H and O–H groups in total. The predicted octanol–water partition coefficient (Wildman–Crippen LogP) is 2.34. The van der Waals surface area contributed by atoms with Crippen molar-refractivity contribution in [2.45, 2.75) is 12.7 Å². The van der Waals surface area contributed by atoms with Crippen LogP contribution in [0.1, 0.15) is 12.5 Å². The van der Waals surface area contributed by atoms with Gasteiger partial charge in [0.1, 0.15) is 0 Å². The quantitative estimate of drug-likeness (QED) is 0.519. The number of pyridine rings is 1.